The molecular weight excluding hydrogens is 432 g/mol. The van der Waals surface area contributed by atoms with Crippen LogP contribution in [0.15, 0.2) is 53.3 Å². The second kappa shape index (κ2) is 8.90. The topological polar surface area (TPSA) is 98.2 Å². The second-order valence-corrected chi connectivity index (χ2v) is 9.52. The number of rotatable bonds is 6. The number of hydrogen-bond acceptors (Lipinski definition) is 7. The number of H-pyrrole nitrogens is 1. The molecule has 0 bridgehead atoms. The van der Waals surface area contributed by atoms with Gasteiger partial charge in [-0.25, -0.2) is 4.68 Å². The number of hydrogen-bond donors (Lipinski definition) is 1. The summed E-state index contributed by atoms with van der Waals surface area (Å²) >= 11 is 0. The third kappa shape index (κ3) is 4.65. The number of nitrogens with one attached hydrogen (secondary N) is 1. The minimum absolute atomic E-state index is 0.127. The zero-order chi connectivity index (χ0) is 23.7. The first-order valence-corrected chi connectivity index (χ1v) is 11.4. The lowest BCUT2D eigenvalue weighted by Gasteiger charge is -2.25. The van der Waals surface area contributed by atoms with Gasteiger partial charge in [-0.2, -0.15) is 0 Å². The Morgan fingerprint density at radius 2 is 1.74 bits per heavy atom. The number of benzene rings is 2. The predicted octanol–water partition coefficient (Wildman–Crippen LogP) is 3.24. The fourth-order valence-corrected chi connectivity index (χ4v) is 4.18. The second-order valence-electron chi connectivity index (χ2n) is 9.52. The quantitative estimate of drug-likeness (QED) is 0.472. The van der Waals surface area contributed by atoms with E-state index in [-0.39, 0.29) is 11.1 Å². The minimum atomic E-state index is -0.251. The monoisotopic (exact) mass is 460 g/mol. The molecule has 5 rings (SSSR count). The Bertz CT molecular complexity index is 1360. The Morgan fingerprint density at radius 3 is 2.47 bits per heavy atom. The standard InChI is InChI=1S/C25H28N6O3/c1-25(2,3)31-23(27-28-29-31)16-30(14-17-7-5-4-6-8-17)15-19-11-18-12-21-22(34-10-9-33-21)13-20(18)26-24(19)32/h4-8,11-13H,9-10,14-16H2,1-3H3,(H,26,32). The average Bonchev–Trinajstić information content (AvgIpc) is 3.28. The molecule has 0 fully saturated rings. The minimum Gasteiger partial charge on any atom is -0.486 e. The zero-order valence-corrected chi connectivity index (χ0v) is 19.6. The molecule has 1 aliphatic rings. The van der Waals surface area contributed by atoms with E-state index in [2.05, 4.69) is 58.3 Å². The largest absolute Gasteiger partial charge is 0.486 e. The Hall–Kier alpha value is -3.72. The molecule has 0 atom stereocenters. The number of nitrogens with zero attached hydrogens (tertiary/aromatic N) is 5. The van der Waals surface area contributed by atoms with Gasteiger partial charge < -0.3 is 14.5 Å². The molecule has 0 saturated heterocycles. The summed E-state index contributed by atoms with van der Waals surface area (Å²) in [5, 5.41) is 13.3. The van der Waals surface area contributed by atoms with Crippen LogP contribution in [0, 0.1) is 0 Å². The van der Waals surface area contributed by atoms with E-state index in [1.807, 2.05) is 41.1 Å². The Balaban J connectivity index is 1.48. The first-order chi connectivity index (χ1) is 16.4. The lowest BCUT2D eigenvalue weighted by atomic mass is 10.1. The maximum absolute atomic E-state index is 13.0. The van der Waals surface area contributed by atoms with Crippen molar-refractivity contribution in [1.82, 2.24) is 30.1 Å². The molecule has 2 aromatic carbocycles. The first kappa shape index (κ1) is 22.1. The van der Waals surface area contributed by atoms with E-state index in [1.54, 1.807) is 0 Å². The predicted molar refractivity (Wildman–Crippen MR) is 128 cm³/mol. The van der Waals surface area contributed by atoms with Crippen molar-refractivity contribution in [3.63, 3.8) is 0 Å². The van der Waals surface area contributed by atoms with Gasteiger partial charge in [0.1, 0.15) is 13.2 Å². The van der Waals surface area contributed by atoms with Crippen LogP contribution in [0.1, 0.15) is 37.7 Å². The molecule has 3 heterocycles. The maximum Gasteiger partial charge on any atom is 0.252 e. The van der Waals surface area contributed by atoms with Crippen molar-refractivity contribution >= 4 is 10.9 Å². The van der Waals surface area contributed by atoms with Gasteiger partial charge >= 0.3 is 0 Å². The summed E-state index contributed by atoms with van der Waals surface area (Å²) < 4.78 is 13.2. The van der Waals surface area contributed by atoms with Gasteiger partial charge in [0.25, 0.3) is 5.56 Å². The van der Waals surface area contributed by atoms with Gasteiger partial charge in [-0.15, -0.1) is 5.10 Å². The lowest BCUT2D eigenvalue weighted by Crippen LogP contribution is -2.31. The fourth-order valence-electron chi connectivity index (χ4n) is 4.18. The number of ether oxygens (including phenoxy) is 2. The van der Waals surface area contributed by atoms with E-state index >= 15 is 0 Å². The Kier molecular flexibility index (Phi) is 5.79. The molecule has 0 radical (unpaired) electrons. The molecule has 0 unspecified atom stereocenters. The summed E-state index contributed by atoms with van der Waals surface area (Å²) in [6, 6.07) is 15.9. The summed E-state index contributed by atoms with van der Waals surface area (Å²) in [7, 11) is 0. The van der Waals surface area contributed by atoms with Crippen LogP contribution in [0.4, 0.5) is 0 Å². The smallest absolute Gasteiger partial charge is 0.252 e. The third-order valence-electron chi connectivity index (χ3n) is 5.76. The first-order valence-electron chi connectivity index (χ1n) is 11.4. The maximum atomic E-state index is 13.0. The van der Waals surface area contributed by atoms with Crippen molar-refractivity contribution in [3.8, 4) is 11.5 Å². The molecule has 34 heavy (non-hydrogen) atoms. The van der Waals surface area contributed by atoms with E-state index in [1.165, 1.54) is 0 Å². The summed E-state index contributed by atoms with van der Waals surface area (Å²) in [4.78, 5) is 18.2. The summed E-state index contributed by atoms with van der Waals surface area (Å²) in [6.45, 7) is 8.80. The molecule has 1 aliphatic heterocycles. The molecule has 176 valence electrons. The van der Waals surface area contributed by atoms with Crippen molar-refractivity contribution in [1.29, 1.82) is 0 Å². The van der Waals surface area contributed by atoms with E-state index in [4.69, 9.17) is 9.47 Å². The Morgan fingerprint density at radius 1 is 1.00 bits per heavy atom. The van der Waals surface area contributed by atoms with E-state index in [9.17, 15) is 4.79 Å². The number of aromatic nitrogens is 5. The van der Waals surface area contributed by atoms with Gasteiger partial charge in [0, 0.05) is 30.1 Å². The fraction of sp³-hybridized carbons (Fsp3) is 0.360. The molecule has 0 amide bonds. The highest BCUT2D eigenvalue weighted by atomic mass is 16.6. The number of fused-ring (bicyclic) bond motifs is 2. The molecule has 0 aliphatic carbocycles. The lowest BCUT2D eigenvalue weighted by molar-refractivity contribution is 0.172. The zero-order valence-electron chi connectivity index (χ0n) is 19.6. The molecule has 0 spiro atoms. The average molecular weight is 461 g/mol. The SMILES string of the molecule is CC(C)(C)n1nnnc1CN(Cc1ccccc1)Cc1cc2cc3c(cc2[nH]c1=O)OCCO3. The van der Waals surface area contributed by atoms with Gasteiger partial charge in [-0.3, -0.25) is 9.69 Å². The van der Waals surface area contributed by atoms with Crippen LogP contribution >= 0.6 is 0 Å². The molecular formula is C25H28N6O3. The molecule has 9 nitrogen and oxygen atoms in total. The Labute approximate surface area is 197 Å². The summed E-state index contributed by atoms with van der Waals surface area (Å²) in [6.07, 6.45) is 0. The van der Waals surface area contributed by atoms with Crippen LogP contribution in [0.25, 0.3) is 10.9 Å². The molecule has 1 N–H and O–H groups in total. The van der Waals surface area contributed by atoms with Gasteiger partial charge in [-0.1, -0.05) is 30.3 Å². The van der Waals surface area contributed by atoms with E-state index < -0.39 is 0 Å². The van der Waals surface area contributed by atoms with Crippen LogP contribution < -0.4 is 15.0 Å². The number of pyridine rings is 1. The number of aromatic amines is 1. The van der Waals surface area contributed by atoms with Crippen molar-refractivity contribution in [2.24, 2.45) is 0 Å². The normalized spacial score (nSPS) is 13.5. The molecule has 9 heteroatoms. The van der Waals surface area contributed by atoms with Gasteiger partial charge in [0.2, 0.25) is 0 Å². The van der Waals surface area contributed by atoms with Crippen LogP contribution in [0.2, 0.25) is 0 Å². The van der Waals surface area contributed by atoms with Crippen LogP contribution in [0.5, 0.6) is 11.5 Å². The third-order valence-corrected chi connectivity index (χ3v) is 5.76. The number of tetrazole rings is 1. The molecule has 0 saturated carbocycles. The van der Waals surface area contributed by atoms with Crippen molar-refractivity contribution in [2.45, 2.75) is 45.9 Å². The van der Waals surface area contributed by atoms with Crippen molar-refractivity contribution in [3.05, 3.63) is 75.8 Å². The van der Waals surface area contributed by atoms with Crippen LogP contribution in [-0.4, -0.2) is 43.3 Å². The van der Waals surface area contributed by atoms with Crippen molar-refractivity contribution < 1.29 is 9.47 Å². The van der Waals surface area contributed by atoms with Gasteiger partial charge in [0.15, 0.2) is 17.3 Å². The van der Waals surface area contributed by atoms with E-state index in [0.29, 0.717) is 49.9 Å². The highest BCUT2D eigenvalue weighted by molar-refractivity contribution is 5.83. The summed E-state index contributed by atoms with van der Waals surface area (Å²) in [5.74, 6) is 2.10. The summed E-state index contributed by atoms with van der Waals surface area (Å²) in [5.41, 5.74) is 2.16. The van der Waals surface area contributed by atoms with E-state index in [0.717, 1.165) is 22.3 Å². The highest BCUT2D eigenvalue weighted by Gasteiger charge is 2.22. The highest BCUT2D eigenvalue weighted by Crippen LogP contribution is 2.33. The van der Waals surface area contributed by atoms with Gasteiger partial charge in [0.05, 0.1) is 17.6 Å². The van der Waals surface area contributed by atoms with Gasteiger partial charge in [-0.05, 0) is 48.9 Å². The van der Waals surface area contributed by atoms with Crippen molar-refractivity contribution in [2.75, 3.05) is 13.2 Å². The molecule has 2 aromatic heterocycles. The van der Waals surface area contributed by atoms with Crippen LogP contribution in [-0.2, 0) is 25.2 Å². The molecule has 4 aromatic rings. The van der Waals surface area contributed by atoms with Crippen LogP contribution in [0.3, 0.4) is 0 Å².